The van der Waals surface area contributed by atoms with E-state index in [1.54, 1.807) is 4.90 Å². The largest absolute Gasteiger partial charge is 0.468 e. The van der Waals surface area contributed by atoms with E-state index in [1.165, 1.54) is 7.11 Å². The highest BCUT2D eigenvalue weighted by molar-refractivity contribution is 5.86. The lowest BCUT2D eigenvalue weighted by molar-refractivity contribution is -0.152. The average Bonchev–Trinajstić information content (AvgIpc) is 2.87. The molecule has 0 atom stereocenters. The summed E-state index contributed by atoms with van der Waals surface area (Å²) in [4.78, 5) is 26.7. The van der Waals surface area contributed by atoms with E-state index in [0.717, 1.165) is 44.1 Å². The Balaban J connectivity index is 2.22. The number of carbonyl (C=O) groups excluding carboxylic acids is 2. The highest BCUT2D eigenvalue weighted by atomic mass is 16.5. The molecule has 2 rings (SSSR count). The van der Waals surface area contributed by atoms with Crippen LogP contribution in [0, 0.1) is 5.41 Å². The second kappa shape index (κ2) is 8.83. The van der Waals surface area contributed by atoms with Crippen molar-refractivity contribution in [3.63, 3.8) is 0 Å². The fourth-order valence-electron chi connectivity index (χ4n) is 3.47. The van der Waals surface area contributed by atoms with E-state index < -0.39 is 11.4 Å². The van der Waals surface area contributed by atoms with Crippen molar-refractivity contribution in [3.05, 3.63) is 35.9 Å². The zero-order valence-corrected chi connectivity index (χ0v) is 14.5. The molecule has 0 bridgehead atoms. The molecule has 24 heavy (non-hydrogen) atoms. The van der Waals surface area contributed by atoms with Crippen LogP contribution in [0.4, 0.5) is 0 Å². The Morgan fingerprint density at radius 2 is 1.75 bits per heavy atom. The molecule has 132 valence electrons. The topological polar surface area (TPSA) is 72.6 Å². The van der Waals surface area contributed by atoms with Gasteiger partial charge in [0.1, 0.15) is 6.54 Å². The van der Waals surface area contributed by atoms with Crippen LogP contribution in [-0.2, 0) is 20.9 Å². The summed E-state index contributed by atoms with van der Waals surface area (Å²) in [6.07, 6.45) is 5.92. The molecule has 5 nitrogen and oxygen atoms in total. The second-order valence-corrected chi connectivity index (χ2v) is 6.62. The van der Waals surface area contributed by atoms with Gasteiger partial charge in [-0.2, -0.15) is 0 Å². The molecule has 1 amide bonds. The summed E-state index contributed by atoms with van der Waals surface area (Å²) < 4.78 is 4.78. The Morgan fingerprint density at radius 1 is 1.12 bits per heavy atom. The molecule has 1 aliphatic carbocycles. The number of nitrogens with two attached hydrogens (primary N) is 1. The molecule has 0 radical (unpaired) electrons. The molecule has 0 aromatic heterocycles. The number of ether oxygens (including phenoxy) is 1. The van der Waals surface area contributed by atoms with Gasteiger partial charge in [-0.25, -0.2) is 0 Å². The fourth-order valence-corrected chi connectivity index (χ4v) is 3.47. The average molecular weight is 332 g/mol. The molecule has 1 fully saturated rings. The van der Waals surface area contributed by atoms with Gasteiger partial charge < -0.3 is 15.4 Å². The van der Waals surface area contributed by atoms with Crippen molar-refractivity contribution in [1.29, 1.82) is 0 Å². The number of hydrogen-bond acceptors (Lipinski definition) is 4. The summed E-state index contributed by atoms with van der Waals surface area (Å²) in [5, 5.41) is 0. The van der Waals surface area contributed by atoms with Crippen LogP contribution in [0.1, 0.15) is 44.1 Å². The highest BCUT2D eigenvalue weighted by Gasteiger charge is 2.40. The third-order valence-corrected chi connectivity index (χ3v) is 4.96. The molecule has 0 aliphatic heterocycles. The molecule has 0 spiro atoms. The Labute approximate surface area is 144 Å². The van der Waals surface area contributed by atoms with E-state index in [2.05, 4.69) is 0 Å². The summed E-state index contributed by atoms with van der Waals surface area (Å²) in [7, 11) is 1.35. The number of esters is 1. The minimum absolute atomic E-state index is 0.0128. The Hall–Kier alpha value is -1.88. The van der Waals surface area contributed by atoms with Gasteiger partial charge >= 0.3 is 5.97 Å². The van der Waals surface area contributed by atoms with Crippen LogP contribution >= 0.6 is 0 Å². The van der Waals surface area contributed by atoms with Crippen molar-refractivity contribution >= 4 is 11.9 Å². The quantitative estimate of drug-likeness (QED) is 0.642. The third kappa shape index (κ3) is 4.57. The smallest absolute Gasteiger partial charge is 0.325 e. The first-order chi connectivity index (χ1) is 11.6. The molecular formula is C19H28N2O3. The van der Waals surface area contributed by atoms with Crippen LogP contribution in [0.5, 0.6) is 0 Å². The van der Waals surface area contributed by atoms with Crippen molar-refractivity contribution < 1.29 is 14.3 Å². The Kier molecular flexibility index (Phi) is 6.79. The predicted octanol–water partition coefficient (Wildman–Crippen LogP) is 2.49. The van der Waals surface area contributed by atoms with Gasteiger partial charge in [-0.05, 0) is 18.4 Å². The number of amides is 1. The van der Waals surface area contributed by atoms with Gasteiger partial charge in [0, 0.05) is 13.1 Å². The van der Waals surface area contributed by atoms with Gasteiger partial charge in [-0.3, -0.25) is 9.59 Å². The number of benzene rings is 1. The van der Waals surface area contributed by atoms with Crippen LogP contribution in [-0.4, -0.2) is 37.0 Å². The van der Waals surface area contributed by atoms with Gasteiger partial charge in [0.2, 0.25) is 5.91 Å². The Bertz CT molecular complexity index is 537. The first-order valence-electron chi connectivity index (χ1n) is 8.71. The first kappa shape index (κ1) is 18.5. The van der Waals surface area contributed by atoms with E-state index in [1.807, 2.05) is 30.3 Å². The summed E-state index contributed by atoms with van der Waals surface area (Å²) in [5.41, 5.74) is 6.49. The van der Waals surface area contributed by atoms with Crippen molar-refractivity contribution in [3.8, 4) is 0 Å². The molecule has 1 aromatic rings. The molecule has 1 saturated carbocycles. The van der Waals surface area contributed by atoms with Crippen LogP contribution < -0.4 is 5.73 Å². The van der Waals surface area contributed by atoms with Crippen molar-refractivity contribution in [2.24, 2.45) is 11.1 Å². The van der Waals surface area contributed by atoms with Crippen LogP contribution in [0.15, 0.2) is 30.3 Å². The first-order valence-corrected chi connectivity index (χ1v) is 8.71. The summed E-state index contributed by atoms with van der Waals surface area (Å²) in [6, 6.07) is 9.71. The van der Waals surface area contributed by atoms with Gasteiger partial charge in [-0.1, -0.05) is 56.0 Å². The molecular weight excluding hydrogens is 304 g/mol. The van der Waals surface area contributed by atoms with E-state index in [9.17, 15) is 9.59 Å². The predicted molar refractivity (Wildman–Crippen MR) is 93.1 cm³/mol. The van der Waals surface area contributed by atoms with E-state index in [-0.39, 0.29) is 12.5 Å². The van der Waals surface area contributed by atoms with Crippen LogP contribution in [0.25, 0.3) is 0 Å². The summed E-state index contributed by atoms with van der Waals surface area (Å²) in [5.74, 6) is -0.416. The molecule has 0 unspecified atom stereocenters. The number of rotatable bonds is 6. The SMILES string of the molecule is COC(=O)CN(Cc1ccccc1)C(=O)C1(CN)CCCCCC1. The second-order valence-electron chi connectivity index (χ2n) is 6.62. The molecule has 0 saturated heterocycles. The third-order valence-electron chi connectivity index (χ3n) is 4.96. The van der Waals surface area contributed by atoms with E-state index in [4.69, 9.17) is 10.5 Å². The highest BCUT2D eigenvalue weighted by Crippen LogP contribution is 2.36. The molecule has 2 N–H and O–H groups in total. The van der Waals surface area contributed by atoms with Crippen molar-refractivity contribution in [2.75, 3.05) is 20.2 Å². The van der Waals surface area contributed by atoms with Gasteiger partial charge in [0.15, 0.2) is 0 Å². The van der Waals surface area contributed by atoms with E-state index >= 15 is 0 Å². The minimum Gasteiger partial charge on any atom is -0.468 e. The molecule has 1 aromatic carbocycles. The lowest BCUT2D eigenvalue weighted by atomic mass is 9.79. The molecule has 0 heterocycles. The summed E-state index contributed by atoms with van der Waals surface area (Å²) in [6.45, 7) is 0.695. The monoisotopic (exact) mass is 332 g/mol. The fraction of sp³-hybridized carbons (Fsp3) is 0.579. The lowest BCUT2D eigenvalue weighted by Crippen LogP contribution is -2.49. The normalized spacial score (nSPS) is 16.9. The number of nitrogens with zero attached hydrogens (tertiary/aromatic N) is 1. The van der Waals surface area contributed by atoms with Crippen molar-refractivity contribution in [1.82, 2.24) is 4.90 Å². The van der Waals surface area contributed by atoms with Gasteiger partial charge in [-0.15, -0.1) is 0 Å². The van der Waals surface area contributed by atoms with Gasteiger partial charge in [0.05, 0.1) is 12.5 Å². The number of hydrogen-bond donors (Lipinski definition) is 1. The van der Waals surface area contributed by atoms with Gasteiger partial charge in [0.25, 0.3) is 0 Å². The van der Waals surface area contributed by atoms with Crippen LogP contribution in [0.2, 0.25) is 0 Å². The zero-order chi connectivity index (χ0) is 17.4. The standard InChI is InChI=1S/C19H28N2O3/c1-24-17(22)14-21(13-16-9-5-4-6-10-16)18(23)19(15-20)11-7-2-3-8-12-19/h4-6,9-10H,2-3,7-8,11-15,20H2,1H3. The minimum atomic E-state index is -0.542. The maximum atomic E-state index is 13.3. The zero-order valence-electron chi connectivity index (χ0n) is 14.5. The number of methoxy groups -OCH3 is 1. The molecule has 5 heteroatoms. The van der Waals surface area contributed by atoms with Crippen LogP contribution in [0.3, 0.4) is 0 Å². The maximum absolute atomic E-state index is 13.3. The van der Waals surface area contributed by atoms with Crippen molar-refractivity contribution in [2.45, 2.75) is 45.1 Å². The summed E-state index contributed by atoms with van der Waals surface area (Å²) >= 11 is 0. The van der Waals surface area contributed by atoms with E-state index in [0.29, 0.717) is 13.1 Å². The number of carbonyl (C=O) groups is 2. The lowest BCUT2D eigenvalue weighted by Gasteiger charge is -2.35. The molecule has 1 aliphatic rings. The maximum Gasteiger partial charge on any atom is 0.325 e. The Morgan fingerprint density at radius 3 is 2.29 bits per heavy atom.